The van der Waals surface area contributed by atoms with Gasteiger partial charge in [0.15, 0.2) is 0 Å². The molecule has 1 saturated carbocycles. The quantitative estimate of drug-likeness (QED) is 0.360. The van der Waals surface area contributed by atoms with E-state index >= 15 is 0 Å². The van der Waals surface area contributed by atoms with Gasteiger partial charge in [0.25, 0.3) is 0 Å². The Labute approximate surface area is 223 Å². The summed E-state index contributed by atoms with van der Waals surface area (Å²) in [6.45, 7) is 3.75. The average Bonchev–Trinajstić information content (AvgIpc) is 3.41. The maximum absolute atomic E-state index is 5.10. The van der Waals surface area contributed by atoms with Gasteiger partial charge in [-0.3, -0.25) is 0 Å². The van der Waals surface area contributed by atoms with Crippen LogP contribution in [0.4, 0.5) is 11.8 Å². The van der Waals surface area contributed by atoms with Crippen LogP contribution in [0.25, 0.3) is 22.6 Å². The summed E-state index contributed by atoms with van der Waals surface area (Å²) in [7, 11) is 0. The van der Waals surface area contributed by atoms with E-state index in [1.54, 1.807) is 6.92 Å². The fourth-order valence-corrected chi connectivity index (χ4v) is 5.61. The molecule has 38 heavy (non-hydrogen) atoms. The molecule has 2 fully saturated rings. The first-order valence-electron chi connectivity index (χ1n) is 13.6. The van der Waals surface area contributed by atoms with Crippen LogP contribution >= 0.6 is 0 Å². The lowest BCUT2D eigenvalue weighted by atomic mass is 9.89. The van der Waals surface area contributed by atoms with Gasteiger partial charge in [0, 0.05) is 61.7 Å². The van der Waals surface area contributed by atoms with Gasteiger partial charge in [-0.05, 0) is 43.9 Å². The summed E-state index contributed by atoms with van der Waals surface area (Å²) in [5, 5.41) is 11.7. The molecule has 0 amide bonds. The van der Waals surface area contributed by atoms with Gasteiger partial charge in [-0.1, -0.05) is 48.3 Å². The summed E-state index contributed by atoms with van der Waals surface area (Å²) in [5.74, 6) is 2.83. The van der Waals surface area contributed by atoms with Crippen LogP contribution < -0.4 is 15.5 Å². The smallest absolute Gasteiger partial charge is 0.223 e. The van der Waals surface area contributed by atoms with Crippen molar-refractivity contribution in [1.29, 1.82) is 0 Å². The second-order valence-corrected chi connectivity index (χ2v) is 10.3. The molecule has 2 aliphatic rings. The number of hydrogen-bond donors (Lipinski definition) is 2. The first kappa shape index (κ1) is 24.5. The number of hydrogen-bond acceptors (Lipinski definition) is 9. The number of piperidine rings is 1. The number of nitrogens with one attached hydrogen (secondary N) is 2. The Morgan fingerprint density at radius 3 is 2.53 bits per heavy atom. The maximum Gasteiger partial charge on any atom is 0.223 e. The van der Waals surface area contributed by atoms with Crippen LogP contribution in [-0.4, -0.2) is 56.3 Å². The molecule has 2 N–H and O–H groups in total. The number of pyridine rings is 1. The lowest BCUT2D eigenvalue weighted by Gasteiger charge is -2.40. The molecule has 1 aliphatic carbocycles. The Kier molecular flexibility index (Phi) is 7.26. The van der Waals surface area contributed by atoms with Crippen LogP contribution in [0, 0.1) is 6.92 Å². The van der Waals surface area contributed by atoms with E-state index in [2.05, 4.69) is 48.9 Å². The van der Waals surface area contributed by atoms with Crippen LogP contribution in [0.15, 0.2) is 65.4 Å². The lowest BCUT2D eigenvalue weighted by Crippen LogP contribution is -2.55. The Bertz CT molecular complexity index is 1330. The summed E-state index contributed by atoms with van der Waals surface area (Å²) in [4.78, 5) is 20.8. The van der Waals surface area contributed by atoms with Crippen molar-refractivity contribution in [2.75, 3.05) is 23.3 Å². The van der Waals surface area contributed by atoms with Gasteiger partial charge in [0.2, 0.25) is 17.7 Å². The summed E-state index contributed by atoms with van der Waals surface area (Å²) < 4.78 is 5.10. The van der Waals surface area contributed by atoms with Crippen molar-refractivity contribution in [3.8, 4) is 22.6 Å². The van der Waals surface area contributed by atoms with Gasteiger partial charge in [-0.2, -0.15) is 4.98 Å². The molecule has 1 aliphatic heterocycles. The second-order valence-electron chi connectivity index (χ2n) is 10.3. The van der Waals surface area contributed by atoms with Crippen LogP contribution in [0.1, 0.15) is 44.4 Å². The number of nitrogens with zero attached hydrogens (tertiary/aromatic N) is 6. The molecule has 0 spiro atoms. The lowest BCUT2D eigenvalue weighted by molar-refractivity contribution is 0.292. The highest BCUT2D eigenvalue weighted by Gasteiger charge is 2.30. The Hall–Kier alpha value is -3.85. The van der Waals surface area contributed by atoms with E-state index < -0.39 is 0 Å². The normalized spacial score (nSPS) is 21.8. The average molecular weight is 511 g/mol. The van der Waals surface area contributed by atoms with Crippen LogP contribution in [0.2, 0.25) is 0 Å². The van der Waals surface area contributed by atoms with Gasteiger partial charge in [-0.15, -0.1) is 0 Å². The van der Waals surface area contributed by atoms with Gasteiger partial charge in [0.1, 0.15) is 5.82 Å². The van der Waals surface area contributed by atoms with Crippen molar-refractivity contribution in [2.24, 2.45) is 0 Å². The highest BCUT2D eigenvalue weighted by molar-refractivity contribution is 5.59. The van der Waals surface area contributed by atoms with Crippen molar-refractivity contribution in [3.63, 3.8) is 0 Å². The topological polar surface area (TPSA) is 105 Å². The van der Waals surface area contributed by atoms with Crippen LogP contribution in [0.5, 0.6) is 0 Å². The molecule has 9 heteroatoms. The summed E-state index contributed by atoms with van der Waals surface area (Å²) in [6, 6.07) is 17.4. The Morgan fingerprint density at radius 1 is 0.868 bits per heavy atom. The third-order valence-corrected chi connectivity index (χ3v) is 7.53. The zero-order valence-electron chi connectivity index (χ0n) is 21.8. The summed E-state index contributed by atoms with van der Waals surface area (Å²) in [6.07, 6.45) is 10.7. The highest BCUT2D eigenvalue weighted by Crippen LogP contribution is 2.26. The molecule has 6 rings (SSSR count). The van der Waals surface area contributed by atoms with E-state index in [-0.39, 0.29) is 0 Å². The van der Waals surface area contributed by atoms with E-state index in [4.69, 9.17) is 14.5 Å². The molecule has 4 heterocycles. The predicted octanol–water partition coefficient (Wildman–Crippen LogP) is 4.88. The third kappa shape index (κ3) is 5.67. The molecule has 1 aromatic carbocycles. The molecule has 3 atom stereocenters. The minimum Gasteiger partial charge on any atom is -0.355 e. The van der Waals surface area contributed by atoms with Crippen molar-refractivity contribution in [2.45, 2.75) is 63.6 Å². The molecule has 3 aromatic heterocycles. The number of benzene rings is 1. The third-order valence-electron chi connectivity index (χ3n) is 7.53. The second kappa shape index (κ2) is 11.3. The number of aryl methyl sites for hydroxylation is 1. The van der Waals surface area contributed by atoms with E-state index in [1.807, 2.05) is 42.7 Å². The van der Waals surface area contributed by atoms with E-state index in [0.717, 1.165) is 55.0 Å². The van der Waals surface area contributed by atoms with Crippen molar-refractivity contribution < 1.29 is 4.52 Å². The van der Waals surface area contributed by atoms with Gasteiger partial charge in [-0.25, -0.2) is 15.0 Å². The highest BCUT2D eigenvalue weighted by atomic mass is 16.5. The number of rotatable bonds is 7. The van der Waals surface area contributed by atoms with Gasteiger partial charge in [0.05, 0.1) is 5.69 Å². The zero-order chi connectivity index (χ0) is 25.7. The molecule has 0 radical (unpaired) electrons. The summed E-state index contributed by atoms with van der Waals surface area (Å²) in [5.41, 5.74) is 2.92. The first-order chi connectivity index (χ1) is 18.7. The molecule has 4 aromatic rings. The van der Waals surface area contributed by atoms with Crippen molar-refractivity contribution in [1.82, 2.24) is 30.4 Å². The standard InChI is InChI=1S/C29H34N8O/c1-20-32-28(36-38-20)22-13-14-27(31-18-22)37-17-7-10-23(19-37)33-25-11-5-6-12-26(25)35-29-30-16-15-24(34-29)21-8-3-2-4-9-21/h2-4,8-9,13-16,18,23,25-26,33H,5-7,10-12,17,19H2,1H3,(H,30,34,35)/t23-,25+,26+/m0/s1. The zero-order valence-corrected chi connectivity index (χ0v) is 21.8. The number of anilines is 2. The Balaban J connectivity index is 1.10. The van der Waals surface area contributed by atoms with Crippen molar-refractivity contribution in [3.05, 3.63) is 66.8 Å². The molecule has 9 nitrogen and oxygen atoms in total. The first-order valence-corrected chi connectivity index (χ1v) is 13.6. The minimum absolute atomic E-state index is 0.306. The van der Waals surface area contributed by atoms with Crippen LogP contribution in [0.3, 0.4) is 0 Å². The SMILES string of the molecule is Cc1nc(-c2ccc(N3CCC[C@H](N[C@@H]4CCCC[C@H]4Nc4nccc(-c5ccccc5)n4)C3)nc2)no1. The van der Waals surface area contributed by atoms with Gasteiger partial charge < -0.3 is 20.1 Å². The molecule has 1 saturated heterocycles. The maximum atomic E-state index is 5.10. The molecule has 0 unspecified atom stereocenters. The Morgan fingerprint density at radius 2 is 1.74 bits per heavy atom. The molecular weight excluding hydrogens is 476 g/mol. The molecule has 0 bridgehead atoms. The summed E-state index contributed by atoms with van der Waals surface area (Å²) >= 11 is 0. The number of aromatic nitrogens is 5. The van der Waals surface area contributed by atoms with Crippen molar-refractivity contribution >= 4 is 11.8 Å². The van der Waals surface area contributed by atoms with Gasteiger partial charge >= 0.3 is 0 Å². The fraction of sp³-hybridized carbons (Fsp3) is 0.414. The monoisotopic (exact) mass is 510 g/mol. The largest absolute Gasteiger partial charge is 0.355 e. The molecule has 196 valence electrons. The van der Waals surface area contributed by atoms with E-state index in [9.17, 15) is 0 Å². The van der Waals surface area contributed by atoms with E-state index in [0.29, 0.717) is 35.8 Å². The fourth-order valence-electron chi connectivity index (χ4n) is 5.61. The minimum atomic E-state index is 0.306. The van der Waals surface area contributed by atoms with E-state index in [1.165, 1.54) is 19.3 Å². The predicted molar refractivity (Wildman–Crippen MR) is 148 cm³/mol. The van der Waals surface area contributed by atoms with Crippen LogP contribution in [-0.2, 0) is 0 Å². The molecular formula is C29H34N8O.